The maximum atomic E-state index is 11.0. The summed E-state index contributed by atoms with van der Waals surface area (Å²) in [7, 11) is 0. The summed E-state index contributed by atoms with van der Waals surface area (Å²) in [5.74, 6) is -2.25. The number of hydrogen-bond donors (Lipinski definition) is 2. The van der Waals surface area contributed by atoms with E-state index in [1.807, 2.05) is 0 Å². The van der Waals surface area contributed by atoms with Gasteiger partial charge in [0.15, 0.2) is 0 Å². The fourth-order valence-corrected chi connectivity index (χ4v) is 2.60. The van der Waals surface area contributed by atoms with E-state index in [1.165, 1.54) is 12.8 Å². The Hall–Kier alpha value is -1.10. The lowest BCUT2D eigenvalue weighted by molar-refractivity contribution is -0.150. The van der Waals surface area contributed by atoms with E-state index in [0.717, 1.165) is 25.9 Å². The van der Waals surface area contributed by atoms with Crippen LogP contribution in [0.1, 0.15) is 25.7 Å². The Balaban J connectivity index is 1.85. The van der Waals surface area contributed by atoms with Crippen LogP contribution in [0, 0.1) is 0 Å². The molecule has 0 saturated carbocycles. The molecule has 2 unspecified atom stereocenters. The number of amides is 1. The molecular formula is C10H16N2O3. The first-order valence-electron chi connectivity index (χ1n) is 5.44. The van der Waals surface area contributed by atoms with Crippen molar-refractivity contribution in [3.63, 3.8) is 0 Å². The van der Waals surface area contributed by atoms with Gasteiger partial charge < -0.3 is 15.3 Å². The molecule has 1 amide bonds. The number of carbonyl (C=O) groups is 2. The molecule has 0 aromatic heterocycles. The lowest BCUT2D eigenvalue weighted by Crippen LogP contribution is -2.48. The second-order valence-corrected chi connectivity index (χ2v) is 4.33. The molecule has 2 rings (SSSR count). The van der Waals surface area contributed by atoms with Gasteiger partial charge in [-0.15, -0.1) is 0 Å². The summed E-state index contributed by atoms with van der Waals surface area (Å²) in [4.78, 5) is 23.8. The molecule has 2 aliphatic rings. The fourth-order valence-electron chi connectivity index (χ4n) is 2.60. The largest absolute Gasteiger partial charge is 0.474 e. The van der Waals surface area contributed by atoms with Gasteiger partial charge in [-0.3, -0.25) is 4.79 Å². The summed E-state index contributed by atoms with van der Waals surface area (Å²) in [6.07, 6.45) is 4.18. The molecule has 2 heterocycles. The fraction of sp³-hybridized carbons (Fsp3) is 0.800. The molecule has 0 spiro atoms. The maximum absolute atomic E-state index is 11.0. The van der Waals surface area contributed by atoms with E-state index in [-0.39, 0.29) is 6.04 Å². The van der Waals surface area contributed by atoms with Crippen LogP contribution in [0.25, 0.3) is 0 Å². The van der Waals surface area contributed by atoms with E-state index < -0.39 is 11.9 Å². The summed E-state index contributed by atoms with van der Waals surface area (Å²) in [5, 5.41) is 11.0. The normalized spacial score (nSPS) is 30.9. The zero-order valence-corrected chi connectivity index (χ0v) is 8.61. The highest BCUT2D eigenvalue weighted by Crippen LogP contribution is 2.26. The van der Waals surface area contributed by atoms with Crippen molar-refractivity contribution in [2.45, 2.75) is 37.8 Å². The van der Waals surface area contributed by atoms with Crippen molar-refractivity contribution in [3.8, 4) is 0 Å². The van der Waals surface area contributed by atoms with Gasteiger partial charge >= 0.3 is 11.9 Å². The minimum Gasteiger partial charge on any atom is -0.474 e. The number of piperidine rings is 1. The Morgan fingerprint density at radius 3 is 2.80 bits per heavy atom. The van der Waals surface area contributed by atoms with Crippen molar-refractivity contribution < 1.29 is 14.7 Å². The molecule has 0 aromatic rings. The zero-order valence-electron chi connectivity index (χ0n) is 8.61. The van der Waals surface area contributed by atoms with E-state index in [2.05, 4.69) is 10.2 Å². The van der Waals surface area contributed by atoms with E-state index in [1.54, 1.807) is 0 Å². The molecule has 2 fully saturated rings. The van der Waals surface area contributed by atoms with Crippen molar-refractivity contribution >= 4 is 11.9 Å². The van der Waals surface area contributed by atoms with Crippen LogP contribution in [0.3, 0.4) is 0 Å². The van der Waals surface area contributed by atoms with Gasteiger partial charge in [0.05, 0.1) is 0 Å². The molecule has 5 nitrogen and oxygen atoms in total. The maximum Gasteiger partial charge on any atom is 0.394 e. The van der Waals surface area contributed by atoms with Gasteiger partial charge in [0.1, 0.15) is 0 Å². The summed E-state index contributed by atoms with van der Waals surface area (Å²) in [5.41, 5.74) is 0. The monoisotopic (exact) mass is 212 g/mol. The Morgan fingerprint density at radius 2 is 2.07 bits per heavy atom. The highest BCUT2D eigenvalue weighted by molar-refractivity contribution is 6.31. The van der Waals surface area contributed by atoms with E-state index in [9.17, 15) is 9.59 Å². The minimum atomic E-state index is -1.39. The smallest absolute Gasteiger partial charge is 0.394 e. The first-order valence-corrected chi connectivity index (χ1v) is 5.44. The predicted molar refractivity (Wildman–Crippen MR) is 53.4 cm³/mol. The number of nitrogens with zero attached hydrogens (tertiary/aromatic N) is 1. The molecule has 0 bridgehead atoms. The van der Waals surface area contributed by atoms with Crippen molar-refractivity contribution in [2.75, 3.05) is 13.1 Å². The summed E-state index contributed by atoms with van der Waals surface area (Å²) >= 11 is 0. The molecule has 5 heteroatoms. The highest BCUT2D eigenvalue weighted by atomic mass is 16.4. The van der Waals surface area contributed by atoms with Crippen molar-refractivity contribution in [3.05, 3.63) is 0 Å². The predicted octanol–water partition coefficient (Wildman–Crippen LogP) is -0.186. The Morgan fingerprint density at radius 1 is 1.27 bits per heavy atom. The summed E-state index contributed by atoms with van der Waals surface area (Å²) in [6, 6.07) is 0.603. The number of fused-ring (bicyclic) bond motifs is 1. The number of nitrogens with one attached hydrogen (secondary N) is 1. The van der Waals surface area contributed by atoms with Gasteiger partial charge in [-0.05, 0) is 32.2 Å². The molecular weight excluding hydrogens is 196 g/mol. The molecule has 2 saturated heterocycles. The quantitative estimate of drug-likeness (QED) is 0.591. The number of aliphatic carboxylic acids is 1. The Labute approximate surface area is 88.4 Å². The summed E-state index contributed by atoms with van der Waals surface area (Å²) < 4.78 is 0. The van der Waals surface area contributed by atoms with E-state index in [4.69, 9.17) is 5.11 Å². The molecule has 2 atom stereocenters. The van der Waals surface area contributed by atoms with Crippen LogP contribution in [0.15, 0.2) is 0 Å². The van der Waals surface area contributed by atoms with Crippen LogP contribution < -0.4 is 5.32 Å². The Bertz CT molecular complexity index is 280. The molecule has 0 aromatic carbocycles. The van der Waals surface area contributed by atoms with Gasteiger partial charge in [0, 0.05) is 18.6 Å². The van der Waals surface area contributed by atoms with Gasteiger partial charge in [-0.2, -0.15) is 0 Å². The van der Waals surface area contributed by atoms with Crippen LogP contribution in [0.4, 0.5) is 0 Å². The second kappa shape index (κ2) is 4.18. The number of hydrogen-bond acceptors (Lipinski definition) is 3. The highest BCUT2D eigenvalue weighted by Gasteiger charge is 2.32. The van der Waals surface area contributed by atoms with Crippen LogP contribution in [-0.2, 0) is 9.59 Å². The third-order valence-electron chi connectivity index (χ3n) is 3.35. The van der Waals surface area contributed by atoms with E-state index >= 15 is 0 Å². The zero-order chi connectivity index (χ0) is 10.8. The first kappa shape index (κ1) is 10.4. The van der Waals surface area contributed by atoms with Crippen molar-refractivity contribution in [1.29, 1.82) is 0 Å². The number of carboxylic acids is 1. The second-order valence-electron chi connectivity index (χ2n) is 4.33. The third kappa shape index (κ3) is 2.28. The van der Waals surface area contributed by atoms with Gasteiger partial charge in [0.25, 0.3) is 0 Å². The average molecular weight is 212 g/mol. The molecule has 84 valence electrons. The molecule has 2 aliphatic heterocycles. The van der Waals surface area contributed by atoms with Gasteiger partial charge in [-0.1, -0.05) is 0 Å². The molecule has 0 aliphatic carbocycles. The minimum absolute atomic E-state index is 0.0490. The standard InChI is InChI=1S/C10H16N2O3/c13-9(10(14)15)11-7-3-5-12-4-1-2-8(12)6-7/h7-8H,1-6H2,(H,11,13)(H,14,15). The van der Waals surface area contributed by atoms with Crippen LogP contribution in [0.2, 0.25) is 0 Å². The lowest BCUT2D eigenvalue weighted by Gasteiger charge is -2.34. The summed E-state index contributed by atoms with van der Waals surface area (Å²) in [6.45, 7) is 2.14. The van der Waals surface area contributed by atoms with Crippen LogP contribution in [-0.4, -0.2) is 47.1 Å². The molecule has 2 N–H and O–H groups in total. The van der Waals surface area contributed by atoms with Gasteiger partial charge in [0.2, 0.25) is 0 Å². The topological polar surface area (TPSA) is 69.6 Å². The third-order valence-corrected chi connectivity index (χ3v) is 3.35. The number of rotatable bonds is 1. The number of carboxylic acid groups (broad SMARTS) is 1. The van der Waals surface area contributed by atoms with Crippen molar-refractivity contribution in [1.82, 2.24) is 10.2 Å². The lowest BCUT2D eigenvalue weighted by atomic mass is 9.97. The average Bonchev–Trinajstić information content (AvgIpc) is 2.64. The van der Waals surface area contributed by atoms with Gasteiger partial charge in [-0.25, -0.2) is 4.79 Å². The SMILES string of the molecule is O=C(O)C(=O)NC1CCN2CCCC2C1. The molecule has 15 heavy (non-hydrogen) atoms. The Kier molecular flexibility index (Phi) is 2.90. The van der Waals surface area contributed by atoms with E-state index in [0.29, 0.717) is 6.04 Å². The van der Waals surface area contributed by atoms with Crippen LogP contribution >= 0.6 is 0 Å². The van der Waals surface area contributed by atoms with Crippen LogP contribution in [0.5, 0.6) is 0 Å². The van der Waals surface area contributed by atoms with Crippen molar-refractivity contribution in [2.24, 2.45) is 0 Å². The molecule has 0 radical (unpaired) electrons. The number of carbonyl (C=O) groups excluding carboxylic acids is 1. The first-order chi connectivity index (χ1) is 7.16.